The van der Waals surface area contributed by atoms with E-state index in [2.05, 4.69) is 15.9 Å². The predicted molar refractivity (Wildman–Crippen MR) is 78.9 cm³/mol. The van der Waals surface area contributed by atoms with Gasteiger partial charge in [-0.15, -0.1) is 0 Å². The second kappa shape index (κ2) is 7.15. The first-order chi connectivity index (χ1) is 9.19. The molecule has 1 aromatic rings. The van der Waals surface area contributed by atoms with Crippen molar-refractivity contribution in [3.8, 4) is 11.5 Å². The second-order valence-corrected chi connectivity index (χ2v) is 5.89. The van der Waals surface area contributed by atoms with Crippen LogP contribution in [-0.2, 0) is 0 Å². The van der Waals surface area contributed by atoms with E-state index in [0.29, 0.717) is 29.2 Å². The Morgan fingerprint density at radius 3 is 2.63 bits per heavy atom. The maximum absolute atomic E-state index is 9.78. The maximum Gasteiger partial charge on any atom is 0.123 e. The SMILES string of the molecule is Oc1cc(OCC2CCCCC2)cc([C@H](O)CBr)c1. The zero-order valence-corrected chi connectivity index (χ0v) is 12.6. The summed E-state index contributed by atoms with van der Waals surface area (Å²) in [4.78, 5) is 0. The molecule has 19 heavy (non-hydrogen) atoms. The van der Waals surface area contributed by atoms with Crippen molar-refractivity contribution in [2.45, 2.75) is 38.2 Å². The van der Waals surface area contributed by atoms with Gasteiger partial charge in [0, 0.05) is 11.4 Å². The molecule has 0 aromatic heterocycles. The Hall–Kier alpha value is -0.740. The fourth-order valence-corrected chi connectivity index (χ4v) is 2.91. The van der Waals surface area contributed by atoms with Crippen LogP contribution >= 0.6 is 15.9 Å². The fraction of sp³-hybridized carbons (Fsp3) is 0.600. The van der Waals surface area contributed by atoms with Crippen molar-refractivity contribution in [3.63, 3.8) is 0 Å². The summed E-state index contributed by atoms with van der Waals surface area (Å²) >= 11 is 3.23. The van der Waals surface area contributed by atoms with E-state index in [1.165, 1.54) is 32.1 Å². The minimum atomic E-state index is -0.621. The number of rotatable bonds is 5. The number of phenols is 1. The summed E-state index contributed by atoms with van der Waals surface area (Å²) in [7, 11) is 0. The highest BCUT2D eigenvalue weighted by molar-refractivity contribution is 9.09. The fourth-order valence-electron chi connectivity index (χ4n) is 2.54. The van der Waals surface area contributed by atoms with Crippen LogP contribution in [0, 0.1) is 5.92 Å². The highest BCUT2D eigenvalue weighted by Gasteiger charge is 2.15. The summed E-state index contributed by atoms with van der Waals surface area (Å²) in [5.74, 6) is 1.40. The van der Waals surface area contributed by atoms with Crippen LogP contribution in [0.25, 0.3) is 0 Å². The first kappa shape index (κ1) is 14.7. The molecule has 0 unspecified atom stereocenters. The van der Waals surface area contributed by atoms with E-state index in [1.54, 1.807) is 18.2 Å². The zero-order chi connectivity index (χ0) is 13.7. The summed E-state index contributed by atoms with van der Waals surface area (Å²) in [6, 6.07) is 4.97. The van der Waals surface area contributed by atoms with Crippen molar-refractivity contribution in [3.05, 3.63) is 23.8 Å². The van der Waals surface area contributed by atoms with Crippen molar-refractivity contribution < 1.29 is 14.9 Å². The molecular weight excluding hydrogens is 308 g/mol. The molecule has 0 heterocycles. The van der Waals surface area contributed by atoms with Gasteiger partial charge in [0.2, 0.25) is 0 Å². The second-order valence-electron chi connectivity index (χ2n) is 5.25. The molecule has 3 nitrogen and oxygen atoms in total. The minimum Gasteiger partial charge on any atom is -0.508 e. The van der Waals surface area contributed by atoms with Crippen LogP contribution in [-0.4, -0.2) is 22.2 Å². The Morgan fingerprint density at radius 2 is 1.95 bits per heavy atom. The molecule has 0 radical (unpaired) electrons. The standard InChI is InChI=1S/C15H21BrO3/c16-9-15(18)12-6-13(17)8-14(7-12)19-10-11-4-2-1-3-5-11/h6-8,11,15,17-18H,1-5,9-10H2/t15-/m1/s1. The van der Waals surface area contributed by atoms with E-state index >= 15 is 0 Å². The van der Waals surface area contributed by atoms with E-state index < -0.39 is 6.10 Å². The van der Waals surface area contributed by atoms with Crippen LogP contribution in [0.15, 0.2) is 18.2 Å². The van der Waals surface area contributed by atoms with Crippen molar-refractivity contribution >= 4 is 15.9 Å². The molecule has 0 spiro atoms. The van der Waals surface area contributed by atoms with Gasteiger partial charge in [0.15, 0.2) is 0 Å². The van der Waals surface area contributed by atoms with Crippen molar-refractivity contribution in [1.82, 2.24) is 0 Å². The van der Waals surface area contributed by atoms with E-state index in [-0.39, 0.29) is 5.75 Å². The van der Waals surface area contributed by atoms with Crippen LogP contribution in [0.4, 0.5) is 0 Å². The molecule has 0 saturated heterocycles. The minimum absolute atomic E-state index is 0.135. The van der Waals surface area contributed by atoms with Crippen molar-refractivity contribution in [2.24, 2.45) is 5.92 Å². The zero-order valence-electron chi connectivity index (χ0n) is 11.0. The number of aromatic hydroxyl groups is 1. The molecule has 1 aliphatic rings. The molecule has 1 aliphatic carbocycles. The molecule has 0 bridgehead atoms. The van der Waals surface area contributed by atoms with Crippen LogP contribution in [0.3, 0.4) is 0 Å². The molecular formula is C15H21BrO3. The predicted octanol–water partition coefficient (Wildman–Crippen LogP) is 3.78. The Kier molecular flexibility index (Phi) is 5.52. The molecule has 4 heteroatoms. The van der Waals surface area contributed by atoms with Gasteiger partial charge in [0.25, 0.3) is 0 Å². The first-order valence-electron chi connectivity index (χ1n) is 6.90. The van der Waals surface area contributed by atoms with Gasteiger partial charge in [-0.25, -0.2) is 0 Å². The summed E-state index contributed by atoms with van der Waals surface area (Å²) in [5.41, 5.74) is 0.676. The van der Waals surface area contributed by atoms with Crippen LogP contribution < -0.4 is 4.74 Å². The van der Waals surface area contributed by atoms with Gasteiger partial charge in [-0.2, -0.15) is 0 Å². The topological polar surface area (TPSA) is 49.7 Å². The van der Waals surface area contributed by atoms with Gasteiger partial charge in [-0.1, -0.05) is 35.2 Å². The summed E-state index contributed by atoms with van der Waals surface area (Å²) in [6.45, 7) is 0.702. The Bertz CT molecular complexity index is 402. The summed E-state index contributed by atoms with van der Waals surface area (Å²) < 4.78 is 5.78. The highest BCUT2D eigenvalue weighted by Crippen LogP contribution is 2.29. The Morgan fingerprint density at radius 1 is 1.21 bits per heavy atom. The van der Waals surface area contributed by atoms with Gasteiger partial charge in [0.1, 0.15) is 11.5 Å². The van der Waals surface area contributed by atoms with Crippen LogP contribution in [0.1, 0.15) is 43.8 Å². The Labute approximate surface area is 122 Å². The molecule has 1 aromatic carbocycles. The number of phenolic OH excluding ortho intramolecular Hbond substituents is 1. The monoisotopic (exact) mass is 328 g/mol. The van der Waals surface area contributed by atoms with Gasteiger partial charge in [-0.3, -0.25) is 0 Å². The van der Waals surface area contributed by atoms with Crippen molar-refractivity contribution in [1.29, 1.82) is 0 Å². The lowest BCUT2D eigenvalue weighted by atomic mass is 9.90. The summed E-state index contributed by atoms with van der Waals surface area (Å²) in [5, 5.41) is 19.9. The molecule has 2 rings (SSSR count). The number of alkyl halides is 1. The average Bonchev–Trinajstić information content (AvgIpc) is 2.45. The number of halogens is 1. The van der Waals surface area contributed by atoms with Gasteiger partial charge < -0.3 is 14.9 Å². The van der Waals surface area contributed by atoms with E-state index in [9.17, 15) is 10.2 Å². The number of aliphatic hydroxyl groups excluding tert-OH is 1. The third-order valence-electron chi connectivity index (χ3n) is 3.65. The van der Waals surface area contributed by atoms with Crippen molar-refractivity contribution in [2.75, 3.05) is 11.9 Å². The molecule has 1 fully saturated rings. The van der Waals surface area contributed by atoms with E-state index in [1.807, 2.05) is 0 Å². The number of ether oxygens (including phenoxy) is 1. The van der Waals surface area contributed by atoms with E-state index in [4.69, 9.17) is 4.74 Å². The quantitative estimate of drug-likeness (QED) is 0.808. The maximum atomic E-state index is 9.78. The number of aliphatic hydroxyl groups is 1. The largest absolute Gasteiger partial charge is 0.508 e. The molecule has 0 aliphatic heterocycles. The smallest absolute Gasteiger partial charge is 0.123 e. The first-order valence-corrected chi connectivity index (χ1v) is 8.02. The van der Waals surface area contributed by atoms with Gasteiger partial charge >= 0.3 is 0 Å². The van der Waals surface area contributed by atoms with E-state index in [0.717, 1.165) is 0 Å². The molecule has 1 saturated carbocycles. The number of benzene rings is 1. The highest BCUT2D eigenvalue weighted by atomic mass is 79.9. The normalized spacial score (nSPS) is 18.2. The summed E-state index contributed by atoms with van der Waals surface area (Å²) in [6.07, 6.45) is 5.77. The lowest BCUT2D eigenvalue weighted by Crippen LogP contribution is -2.15. The van der Waals surface area contributed by atoms with Crippen LogP contribution in [0.2, 0.25) is 0 Å². The third kappa shape index (κ3) is 4.39. The average molecular weight is 329 g/mol. The number of hydrogen-bond acceptors (Lipinski definition) is 3. The van der Waals surface area contributed by atoms with Gasteiger partial charge in [-0.05, 0) is 36.5 Å². The molecule has 0 amide bonds. The lowest BCUT2D eigenvalue weighted by molar-refractivity contribution is 0.198. The van der Waals surface area contributed by atoms with Crippen LogP contribution in [0.5, 0.6) is 11.5 Å². The molecule has 1 atom stereocenters. The molecule has 106 valence electrons. The third-order valence-corrected chi connectivity index (χ3v) is 4.27. The lowest BCUT2D eigenvalue weighted by Gasteiger charge is -2.22. The molecule has 2 N–H and O–H groups in total. The number of hydrogen-bond donors (Lipinski definition) is 2. The van der Waals surface area contributed by atoms with Gasteiger partial charge in [0.05, 0.1) is 12.7 Å². The Balaban J connectivity index is 1.97.